The van der Waals surface area contributed by atoms with Gasteiger partial charge in [0.05, 0.1) is 39.5 Å². The number of carbonyl (C=O) groups is 2. The average Bonchev–Trinajstić information content (AvgIpc) is 3.19. The van der Waals surface area contributed by atoms with Gasteiger partial charge in [-0.05, 0) is 84.4 Å². The maximum Gasteiger partial charge on any atom is 0.338 e. The zero-order chi connectivity index (χ0) is 28.3. The summed E-state index contributed by atoms with van der Waals surface area (Å²) in [5.41, 5.74) is 2.00. The number of hydrogen-bond acceptors (Lipinski definition) is 9. The number of rotatable bonds is 8. The van der Waals surface area contributed by atoms with E-state index in [1.165, 1.54) is 18.3 Å². The van der Waals surface area contributed by atoms with Gasteiger partial charge in [0.2, 0.25) is 0 Å². The van der Waals surface area contributed by atoms with Crippen LogP contribution in [0.15, 0.2) is 66.8 Å². The number of carbonyl (C=O) groups excluding carboxylic acids is 2. The Morgan fingerprint density at radius 3 is 2.51 bits per heavy atom. The van der Waals surface area contributed by atoms with Crippen molar-refractivity contribution in [1.82, 2.24) is 4.57 Å². The van der Waals surface area contributed by atoms with Crippen LogP contribution in [0.2, 0.25) is 0 Å². The van der Waals surface area contributed by atoms with E-state index in [9.17, 15) is 14.4 Å². The number of aromatic nitrogens is 1. The van der Waals surface area contributed by atoms with Crippen LogP contribution in [-0.2, 0) is 14.3 Å². The summed E-state index contributed by atoms with van der Waals surface area (Å²) in [7, 11) is 0. The largest absolute Gasteiger partial charge is 0.490 e. The monoisotopic (exact) mass is 630 g/mol. The SMILES string of the molecule is CCOC(=O)C1=C(C)N=c2s/c(=C\c3cc(Br)c(OC(C)=O)c(OCC)c3)c(=O)n2[C@H]1c1ccc(SC)cc1. The van der Waals surface area contributed by atoms with Crippen LogP contribution in [0.25, 0.3) is 6.08 Å². The molecule has 0 N–H and O–H groups in total. The number of thioether (sulfide) groups is 1. The van der Waals surface area contributed by atoms with E-state index in [-0.39, 0.29) is 17.9 Å². The topological polar surface area (TPSA) is 96.2 Å². The number of fused-ring (bicyclic) bond motifs is 1. The second-order valence-electron chi connectivity index (χ2n) is 8.43. The van der Waals surface area contributed by atoms with Crippen molar-refractivity contribution in [2.24, 2.45) is 4.99 Å². The Bertz CT molecular complexity index is 1640. The predicted octanol–water partition coefficient (Wildman–Crippen LogP) is 4.61. The number of allylic oxidation sites excluding steroid dienone is 1. The highest BCUT2D eigenvalue weighted by Crippen LogP contribution is 2.37. The van der Waals surface area contributed by atoms with Crippen molar-refractivity contribution in [1.29, 1.82) is 0 Å². The quantitative estimate of drug-likeness (QED) is 0.204. The Morgan fingerprint density at radius 2 is 1.90 bits per heavy atom. The molecule has 1 aromatic heterocycles. The number of benzene rings is 2. The molecule has 0 amide bonds. The fourth-order valence-electron chi connectivity index (χ4n) is 4.22. The number of hydrogen-bond donors (Lipinski definition) is 0. The van der Waals surface area contributed by atoms with Gasteiger partial charge in [0.15, 0.2) is 16.3 Å². The van der Waals surface area contributed by atoms with Crippen LogP contribution in [0.3, 0.4) is 0 Å². The first-order valence-corrected chi connectivity index (χ1v) is 15.0. The van der Waals surface area contributed by atoms with Crippen molar-refractivity contribution in [3.05, 3.63) is 83.0 Å². The molecule has 2 aromatic carbocycles. The highest BCUT2D eigenvalue weighted by Gasteiger charge is 2.33. The van der Waals surface area contributed by atoms with Crippen molar-refractivity contribution in [2.75, 3.05) is 19.5 Å². The third-order valence-electron chi connectivity index (χ3n) is 5.82. The zero-order valence-electron chi connectivity index (χ0n) is 22.1. The first-order chi connectivity index (χ1) is 18.7. The Kier molecular flexibility index (Phi) is 9.14. The van der Waals surface area contributed by atoms with Gasteiger partial charge in [-0.3, -0.25) is 14.2 Å². The van der Waals surface area contributed by atoms with Gasteiger partial charge in [0.1, 0.15) is 0 Å². The first-order valence-electron chi connectivity index (χ1n) is 12.2. The lowest BCUT2D eigenvalue weighted by molar-refractivity contribution is -0.139. The number of thiazole rings is 1. The molecule has 0 saturated carbocycles. The van der Waals surface area contributed by atoms with E-state index in [4.69, 9.17) is 14.2 Å². The highest BCUT2D eigenvalue weighted by atomic mass is 79.9. The summed E-state index contributed by atoms with van der Waals surface area (Å²) in [5, 5.41) is 0. The minimum Gasteiger partial charge on any atom is -0.490 e. The van der Waals surface area contributed by atoms with Crippen LogP contribution < -0.4 is 24.4 Å². The Morgan fingerprint density at radius 1 is 1.18 bits per heavy atom. The van der Waals surface area contributed by atoms with Crippen molar-refractivity contribution < 1.29 is 23.8 Å². The van der Waals surface area contributed by atoms with E-state index in [0.717, 1.165) is 10.5 Å². The number of ether oxygens (including phenoxy) is 3. The van der Waals surface area contributed by atoms with E-state index in [0.29, 0.717) is 43.0 Å². The molecule has 1 aliphatic rings. The van der Waals surface area contributed by atoms with E-state index < -0.39 is 18.0 Å². The first kappa shape index (κ1) is 28.8. The van der Waals surface area contributed by atoms with E-state index in [1.54, 1.807) is 48.4 Å². The van der Waals surface area contributed by atoms with Gasteiger partial charge in [0.25, 0.3) is 5.56 Å². The summed E-state index contributed by atoms with van der Waals surface area (Å²) in [6.45, 7) is 7.20. The molecular formula is C28H27BrN2O6S2. The molecule has 0 unspecified atom stereocenters. The maximum absolute atomic E-state index is 13.9. The predicted molar refractivity (Wildman–Crippen MR) is 155 cm³/mol. The van der Waals surface area contributed by atoms with Crippen LogP contribution in [0, 0.1) is 0 Å². The van der Waals surface area contributed by atoms with Crippen LogP contribution in [-0.4, -0.2) is 36.0 Å². The van der Waals surface area contributed by atoms with Gasteiger partial charge in [0, 0.05) is 11.8 Å². The molecule has 0 saturated heterocycles. The molecule has 0 spiro atoms. The second kappa shape index (κ2) is 12.4. The minimum absolute atomic E-state index is 0.207. The molecule has 4 rings (SSSR count). The van der Waals surface area contributed by atoms with Crippen molar-refractivity contribution in [3.63, 3.8) is 0 Å². The van der Waals surface area contributed by atoms with Crippen LogP contribution in [0.4, 0.5) is 0 Å². The standard InChI is InChI=1S/C28H27BrN2O6S2/c1-6-35-21-13-17(12-20(29)25(21)37-16(4)32)14-22-26(33)31-24(18-8-10-19(38-5)11-9-18)23(27(34)36-7-2)15(3)30-28(31)39-22/h8-14,24H,6-7H2,1-5H3/b22-14-/t24-/m0/s1. The summed E-state index contributed by atoms with van der Waals surface area (Å²) in [5.74, 6) is -0.339. The van der Waals surface area contributed by atoms with Crippen molar-refractivity contribution in [3.8, 4) is 11.5 Å². The number of esters is 2. The number of nitrogens with zero attached hydrogens (tertiary/aromatic N) is 2. The molecule has 1 aliphatic heterocycles. The molecule has 3 aromatic rings. The third kappa shape index (κ3) is 6.05. The molecular weight excluding hydrogens is 604 g/mol. The van der Waals surface area contributed by atoms with Gasteiger partial charge >= 0.3 is 11.9 Å². The van der Waals surface area contributed by atoms with Crippen LogP contribution in [0.1, 0.15) is 44.9 Å². The lowest BCUT2D eigenvalue weighted by Gasteiger charge is -2.24. The molecule has 204 valence electrons. The van der Waals surface area contributed by atoms with Gasteiger partial charge in [-0.25, -0.2) is 9.79 Å². The summed E-state index contributed by atoms with van der Waals surface area (Å²) in [6, 6.07) is 10.5. The van der Waals surface area contributed by atoms with Gasteiger partial charge in [-0.15, -0.1) is 11.8 Å². The molecule has 0 radical (unpaired) electrons. The van der Waals surface area contributed by atoms with Crippen molar-refractivity contribution in [2.45, 2.75) is 38.6 Å². The molecule has 2 heterocycles. The van der Waals surface area contributed by atoms with Gasteiger partial charge < -0.3 is 14.2 Å². The lowest BCUT2D eigenvalue weighted by Crippen LogP contribution is -2.39. The molecule has 1 atom stereocenters. The Balaban J connectivity index is 1.91. The fourth-order valence-corrected chi connectivity index (χ4v) is 6.22. The Labute approximate surface area is 242 Å². The molecule has 8 nitrogen and oxygen atoms in total. The number of halogens is 1. The van der Waals surface area contributed by atoms with Crippen LogP contribution >= 0.6 is 39.0 Å². The van der Waals surface area contributed by atoms with Gasteiger partial charge in [-0.1, -0.05) is 23.5 Å². The molecule has 0 fully saturated rings. The fraction of sp³-hybridized carbons (Fsp3) is 0.286. The molecule has 0 aliphatic carbocycles. The van der Waals surface area contributed by atoms with E-state index in [1.807, 2.05) is 37.4 Å². The molecule has 11 heteroatoms. The van der Waals surface area contributed by atoms with Crippen molar-refractivity contribution >= 4 is 57.0 Å². The Hall–Kier alpha value is -3.15. The van der Waals surface area contributed by atoms with E-state index >= 15 is 0 Å². The average molecular weight is 632 g/mol. The van der Waals surface area contributed by atoms with Crippen LogP contribution in [0.5, 0.6) is 11.5 Å². The third-order valence-corrected chi connectivity index (χ3v) is 8.14. The summed E-state index contributed by atoms with van der Waals surface area (Å²) in [6.07, 6.45) is 3.71. The second-order valence-corrected chi connectivity index (χ2v) is 11.2. The molecule has 39 heavy (non-hydrogen) atoms. The maximum atomic E-state index is 13.9. The normalized spacial score (nSPS) is 15.0. The molecule has 0 bridgehead atoms. The smallest absolute Gasteiger partial charge is 0.338 e. The lowest BCUT2D eigenvalue weighted by atomic mass is 9.96. The summed E-state index contributed by atoms with van der Waals surface area (Å²) in [4.78, 5) is 44.7. The van der Waals surface area contributed by atoms with Gasteiger partial charge in [-0.2, -0.15) is 0 Å². The highest BCUT2D eigenvalue weighted by molar-refractivity contribution is 9.10. The summed E-state index contributed by atoms with van der Waals surface area (Å²) < 4.78 is 18.9. The van der Waals surface area contributed by atoms with E-state index in [2.05, 4.69) is 20.9 Å². The summed E-state index contributed by atoms with van der Waals surface area (Å²) >= 11 is 6.29. The zero-order valence-corrected chi connectivity index (χ0v) is 25.3. The minimum atomic E-state index is -0.685.